The van der Waals surface area contributed by atoms with Crippen LogP contribution in [0.5, 0.6) is 0 Å². The molecular formula is C40H68N8O6. The first-order valence-corrected chi connectivity index (χ1v) is 21.3. The van der Waals surface area contributed by atoms with Gasteiger partial charge in [-0.15, -0.1) is 0 Å². The van der Waals surface area contributed by atoms with E-state index in [1.54, 1.807) is 9.80 Å². The smallest absolute Gasteiger partial charge is 0.410 e. The van der Waals surface area contributed by atoms with Crippen LogP contribution >= 0.6 is 0 Å². The molecule has 2 heterocycles. The number of nitrogens with two attached hydrogens (primary N) is 2. The van der Waals surface area contributed by atoms with Gasteiger partial charge in [-0.05, 0) is 139 Å². The fraction of sp³-hybridized carbons (Fsp3) is 0.900. The second-order valence-electron chi connectivity index (χ2n) is 18.4. The van der Waals surface area contributed by atoms with E-state index in [2.05, 4.69) is 0 Å². The number of nitrogens with zero attached hydrogens (tertiary/aromatic N) is 6. The van der Waals surface area contributed by atoms with Crippen LogP contribution in [0.2, 0.25) is 0 Å². The third-order valence-corrected chi connectivity index (χ3v) is 15.8. The zero-order valence-electron chi connectivity index (χ0n) is 33.2. The number of hydrogen-bond acceptors (Lipinski definition) is 8. The minimum absolute atomic E-state index is 0.0580. The number of rotatable bonds is 6. The van der Waals surface area contributed by atoms with Crippen molar-refractivity contribution in [2.75, 3.05) is 79.5 Å². The lowest BCUT2D eigenvalue weighted by Gasteiger charge is -2.57. The molecule has 54 heavy (non-hydrogen) atoms. The Hall–Kier alpha value is -3.00. The van der Waals surface area contributed by atoms with Crippen molar-refractivity contribution >= 4 is 24.2 Å². The first-order chi connectivity index (χ1) is 25.9. The number of carbonyl (C=O) groups excluding carboxylic acids is 4. The van der Waals surface area contributed by atoms with Gasteiger partial charge >= 0.3 is 24.2 Å². The van der Waals surface area contributed by atoms with E-state index < -0.39 is 0 Å². The van der Waals surface area contributed by atoms with E-state index in [-0.39, 0.29) is 58.4 Å². The molecule has 2 aliphatic heterocycles. The lowest BCUT2D eigenvalue weighted by atomic mass is 9.57. The van der Waals surface area contributed by atoms with Crippen molar-refractivity contribution in [3.8, 4) is 0 Å². The minimum Gasteiger partial charge on any atom is -0.446 e. The summed E-state index contributed by atoms with van der Waals surface area (Å²) in [6.07, 6.45) is 16.4. The van der Waals surface area contributed by atoms with E-state index in [4.69, 9.17) is 20.9 Å². The third kappa shape index (κ3) is 7.71. The van der Waals surface area contributed by atoms with Crippen LogP contribution in [0.15, 0.2) is 0 Å². The van der Waals surface area contributed by atoms with Crippen molar-refractivity contribution in [1.29, 1.82) is 0 Å². The molecule has 304 valence electrons. The van der Waals surface area contributed by atoms with Gasteiger partial charge in [-0.25, -0.2) is 19.2 Å². The molecule has 0 aromatic rings. The molecule has 14 nitrogen and oxygen atoms in total. The predicted molar refractivity (Wildman–Crippen MR) is 205 cm³/mol. The van der Waals surface area contributed by atoms with Crippen molar-refractivity contribution < 1.29 is 28.7 Å². The third-order valence-electron chi connectivity index (χ3n) is 15.8. The van der Waals surface area contributed by atoms with Crippen molar-refractivity contribution in [2.45, 2.75) is 139 Å². The Labute approximate surface area is 322 Å². The van der Waals surface area contributed by atoms with Gasteiger partial charge in [-0.1, -0.05) is 0 Å². The number of urea groups is 2. The Morgan fingerprint density at radius 1 is 0.500 bits per heavy atom. The van der Waals surface area contributed by atoms with Crippen LogP contribution < -0.4 is 11.5 Å². The summed E-state index contributed by atoms with van der Waals surface area (Å²) in [4.78, 5) is 64.8. The average molecular weight is 757 g/mol. The second-order valence-corrected chi connectivity index (χ2v) is 18.4. The first kappa shape index (κ1) is 39.2. The summed E-state index contributed by atoms with van der Waals surface area (Å²) in [5, 5.41) is 0. The molecule has 4 bridgehead atoms. The van der Waals surface area contributed by atoms with Crippen LogP contribution in [-0.2, 0) is 9.47 Å². The van der Waals surface area contributed by atoms with E-state index >= 15 is 0 Å². The van der Waals surface area contributed by atoms with E-state index in [1.807, 2.05) is 33.7 Å². The maximum atomic E-state index is 13.6. The normalized spacial score (nSPS) is 35.6. The Kier molecular flexibility index (Phi) is 11.5. The van der Waals surface area contributed by atoms with Gasteiger partial charge in [0.2, 0.25) is 0 Å². The van der Waals surface area contributed by atoms with Crippen LogP contribution in [0.4, 0.5) is 19.2 Å². The second kappa shape index (κ2) is 15.9. The number of carbonyl (C=O) groups is 4. The predicted octanol–water partition coefficient (Wildman–Crippen LogP) is 4.79. The van der Waals surface area contributed by atoms with Crippen LogP contribution in [0.3, 0.4) is 0 Å². The van der Waals surface area contributed by atoms with Crippen molar-refractivity contribution in [3.63, 3.8) is 0 Å². The zero-order chi connectivity index (χ0) is 38.1. The topological polar surface area (TPSA) is 158 Å². The molecule has 0 unspecified atom stereocenters. The maximum absolute atomic E-state index is 13.6. The molecule has 7 saturated carbocycles. The van der Waals surface area contributed by atoms with Gasteiger partial charge in [-0.3, -0.25) is 0 Å². The molecule has 6 amide bonds. The summed E-state index contributed by atoms with van der Waals surface area (Å²) in [7, 11) is 3.93. The molecule has 14 heteroatoms. The van der Waals surface area contributed by atoms with Gasteiger partial charge in [0.15, 0.2) is 0 Å². The Balaban J connectivity index is 0.785. The molecule has 0 aromatic carbocycles. The molecule has 0 aromatic heterocycles. The summed E-state index contributed by atoms with van der Waals surface area (Å²) in [6.45, 7) is 5.44. The molecule has 4 N–H and O–H groups in total. The van der Waals surface area contributed by atoms with Gasteiger partial charge in [0.05, 0.1) is 0 Å². The lowest BCUT2D eigenvalue weighted by Crippen LogP contribution is -2.62. The highest BCUT2D eigenvalue weighted by molar-refractivity contribution is 5.77. The van der Waals surface area contributed by atoms with Gasteiger partial charge < -0.3 is 50.3 Å². The number of piperazine rings is 2. The molecule has 9 aliphatic rings. The molecule has 2 saturated heterocycles. The van der Waals surface area contributed by atoms with E-state index in [0.29, 0.717) is 52.4 Å². The van der Waals surface area contributed by atoms with E-state index in [9.17, 15) is 19.2 Å². The van der Waals surface area contributed by atoms with Crippen molar-refractivity contribution in [3.05, 3.63) is 0 Å². The monoisotopic (exact) mass is 757 g/mol. The summed E-state index contributed by atoms with van der Waals surface area (Å²) in [6, 6.07) is 0.145. The molecule has 0 spiro atoms. The molecule has 7 aliphatic carbocycles. The highest BCUT2D eigenvalue weighted by Crippen LogP contribution is 2.55. The summed E-state index contributed by atoms with van der Waals surface area (Å²) in [5.41, 5.74) is 12.7. The SMILES string of the molecule is CN(C(=O)N1CCN(C(=O)OC2CCCC(OC(=O)N3CCN(C(=O)N(C)C45CCC(CN)(CC4)CC5)CC3)CCC2)CC1)C12CCC(CN)(CC1)CC2. The maximum Gasteiger partial charge on any atom is 0.410 e. The minimum atomic E-state index is -0.296. The Bertz CT molecular complexity index is 1220. The summed E-state index contributed by atoms with van der Waals surface area (Å²) < 4.78 is 12.0. The van der Waals surface area contributed by atoms with E-state index in [0.717, 1.165) is 129 Å². The quantitative estimate of drug-likeness (QED) is 0.392. The molecule has 0 atom stereocenters. The number of amides is 6. The van der Waals surface area contributed by atoms with Gasteiger partial charge in [-0.2, -0.15) is 0 Å². The molecule has 9 fully saturated rings. The van der Waals surface area contributed by atoms with E-state index in [1.165, 1.54) is 0 Å². The number of hydrogen-bond donors (Lipinski definition) is 2. The van der Waals surface area contributed by atoms with Crippen molar-refractivity contribution in [1.82, 2.24) is 29.4 Å². The van der Waals surface area contributed by atoms with Gasteiger partial charge in [0.25, 0.3) is 0 Å². The highest BCUT2D eigenvalue weighted by atomic mass is 16.6. The summed E-state index contributed by atoms with van der Waals surface area (Å²) in [5.74, 6) is 0. The molecule has 0 radical (unpaired) electrons. The largest absolute Gasteiger partial charge is 0.446 e. The first-order valence-electron chi connectivity index (χ1n) is 21.3. The van der Waals surface area contributed by atoms with Crippen LogP contribution in [0.1, 0.15) is 116 Å². The van der Waals surface area contributed by atoms with Crippen LogP contribution in [0, 0.1) is 10.8 Å². The number of fused-ring (bicyclic) bond motifs is 6. The standard InChI is InChI=1S/C40H68N8O6/c1-43(39-15-9-37(29-41,10-16-39)11-17-39)33(49)45-21-25-47(26-22-45)35(51)53-31-5-3-7-32(8-4-6-31)54-36(52)48-27-23-46(24-28-48)34(50)44(2)40-18-12-38(30-42,13-19-40)14-20-40/h31-32H,3-30,41-42H2,1-2H3. The van der Waals surface area contributed by atoms with Gasteiger partial charge in [0.1, 0.15) is 12.2 Å². The zero-order valence-corrected chi connectivity index (χ0v) is 33.2. The Morgan fingerprint density at radius 3 is 1.06 bits per heavy atom. The summed E-state index contributed by atoms with van der Waals surface area (Å²) >= 11 is 0. The number of ether oxygens (including phenoxy) is 2. The van der Waals surface area contributed by atoms with Crippen molar-refractivity contribution in [2.24, 2.45) is 22.3 Å². The lowest BCUT2D eigenvalue weighted by molar-refractivity contribution is -0.0294. The molecule has 9 rings (SSSR count). The van der Waals surface area contributed by atoms with Gasteiger partial charge in [0, 0.05) is 77.5 Å². The molecular weight excluding hydrogens is 688 g/mol. The average Bonchev–Trinajstić information content (AvgIpc) is 3.22. The van der Waals surface area contributed by atoms with Crippen LogP contribution in [-0.4, -0.2) is 156 Å². The van der Waals surface area contributed by atoms with Crippen LogP contribution in [0.25, 0.3) is 0 Å². The highest BCUT2D eigenvalue weighted by Gasteiger charge is 2.53. The fourth-order valence-corrected chi connectivity index (χ4v) is 11.2. The fourth-order valence-electron chi connectivity index (χ4n) is 11.2. The Morgan fingerprint density at radius 2 is 0.778 bits per heavy atom.